The third-order valence-corrected chi connectivity index (χ3v) is 5.65. The first kappa shape index (κ1) is 16.3. The normalized spacial score (nSPS) is 17.4. The summed E-state index contributed by atoms with van der Waals surface area (Å²) >= 11 is 0. The molecule has 27 heavy (non-hydrogen) atoms. The molecule has 4 heteroatoms. The van der Waals surface area contributed by atoms with Crippen molar-refractivity contribution >= 4 is 11.0 Å². The van der Waals surface area contributed by atoms with Crippen molar-refractivity contribution < 1.29 is 8.94 Å². The van der Waals surface area contributed by atoms with Gasteiger partial charge in [0.15, 0.2) is 0 Å². The summed E-state index contributed by atoms with van der Waals surface area (Å²) in [6.07, 6.45) is 1.76. The van der Waals surface area contributed by atoms with Gasteiger partial charge >= 0.3 is 0 Å². The molecule has 0 fully saturated rings. The number of benzene rings is 2. The van der Waals surface area contributed by atoms with Crippen LogP contribution in [-0.4, -0.2) is 23.6 Å². The summed E-state index contributed by atoms with van der Waals surface area (Å²) in [7, 11) is 2.19. The predicted octanol–water partition coefficient (Wildman–Crippen LogP) is 5.28. The molecule has 0 amide bonds. The SMILES string of the molecule is Cc1noc(C)c1-c1ccc2c(c1)CN(C)CC2c1ccc2occc2c1. The molecule has 3 heterocycles. The van der Waals surface area contributed by atoms with E-state index >= 15 is 0 Å². The van der Waals surface area contributed by atoms with Gasteiger partial charge in [0.05, 0.1) is 12.0 Å². The number of hydrogen-bond acceptors (Lipinski definition) is 4. The Morgan fingerprint density at radius 2 is 1.96 bits per heavy atom. The number of aromatic nitrogens is 1. The minimum atomic E-state index is 0.358. The Labute approximate surface area is 158 Å². The van der Waals surface area contributed by atoms with Crippen molar-refractivity contribution in [1.29, 1.82) is 0 Å². The van der Waals surface area contributed by atoms with Crippen LogP contribution in [0.4, 0.5) is 0 Å². The number of fused-ring (bicyclic) bond motifs is 2. The zero-order valence-electron chi connectivity index (χ0n) is 15.8. The van der Waals surface area contributed by atoms with Crippen LogP contribution in [0.1, 0.15) is 34.1 Å². The number of likely N-dealkylation sites (N-methyl/N-ethyl adjacent to an activating group) is 1. The first-order chi connectivity index (χ1) is 13.1. The van der Waals surface area contributed by atoms with Crippen LogP contribution in [0, 0.1) is 13.8 Å². The second-order valence-electron chi connectivity index (χ2n) is 7.58. The van der Waals surface area contributed by atoms with Crippen molar-refractivity contribution in [2.75, 3.05) is 13.6 Å². The molecule has 0 bridgehead atoms. The van der Waals surface area contributed by atoms with E-state index in [9.17, 15) is 0 Å². The van der Waals surface area contributed by atoms with E-state index in [4.69, 9.17) is 8.94 Å². The number of furan rings is 1. The zero-order valence-corrected chi connectivity index (χ0v) is 15.8. The lowest BCUT2D eigenvalue weighted by Gasteiger charge is -2.33. The van der Waals surface area contributed by atoms with E-state index in [0.717, 1.165) is 41.1 Å². The van der Waals surface area contributed by atoms with Crippen LogP contribution in [0.25, 0.3) is 22.1 Å². The van der Waals surface area contributed by atoms with Gasteiger partial charge in [-0.25, -0.2) is 0 Å². The summed E-state index contributed by atoms with van der Waals surface area (Å²) in [6, 6.07) is 15.4. The average Bonchev–Trinajstić information content (AvgIpc) is 3.26. The Morgan fingerprint density at radius 3 is 2.78 bits per heavy atom. The highest BCUT2D eigenvalue weighted by Crippen LogP contribution is 2.37. The fraction of sp³-hybridized carbons (Fsp3) is 0.261. The van der Waals surface area contributed by atoms with Gasteiger partial charge in [-0.15, -0.1) is 0 Å². The largest absolute Gasteiger partial charge is 0.464 e. The minimum absolute atomic E-state index is 0.358. The molecule has 0 N–H and O–H groups in total. The summed E-state index contributed by atoms with van der Waals surface area (Å²) in [5.41, 5.74) is 8.30. The molecule has 0 aliphatic carbocycles. The van der Waals surface area contributed by atoms with Crippen LogP contribution in [0.2, 0.25) is 0 Å². The predicted molar refractivity (Wildman–Crippen MR) is 106 cm³/mol. The van der Waals surface area contributed by atoms with Crippen molar-refractivity contribution in [3.63, 3.8) is 0 Å². The minimum Gasteiger partial charge on any atom is -0.464 e. The molecule has 5 rings (SSSR count). The molecule has 4 nitrogen and oxygen atoms in total. The van der Waals surface area contributed by atoms with Gasteiger partial charge in [-0.2, -0.15) is 0 Å². The van der Waals surface area contributed by atoms with Crippen LogP contribution in [0.5, 0.6) is 0 Å². The number of hydrogen-bond donors (Lipinski definition) is 0. The molecular weight excluding hydrogens is 336 g/mol. The Kier molecular flexibility index (Phi) is 3.69. The highest BCUT2D eigenvalue weighted by molar-refractivity contribution is 5.78. The van der Waals surface area contributed by atoms with Gasteiger partial charge < -0.3 is 13.8 Å². The van der Waals surface area contributed by atoms with E-state index < -0.39 is 0 Å². The maximum atomic E-state index is 5.51. The highest BCUT2D eigenvalue weighted by Gasteiger charge is 2.26. The zero-order chi connectivity index (χ0) is 18.5. The molecule has 0 saturated carbocycles. The van der Waals surface area contributed by atoms with Gasteiger partial charge in [-0.05, 0) is 67.4 Å². The van der Waals surface area contributed by atoms with Gasteiger partial charge in [0, 0.05) is 30.0 Å². The smallest absolute Gasteiger partial charge is 0.141 e. The molecule has 2 aromatic heterocycles. The molecule has 0 radical (unpaired) electrons. The van der Waals surface area contributed by atoms with Crippen molar-refractivity contribution in [2.24, 2.45) is 0 Å². The lowest BCUT2D eigenvalue weighted by molar-refractivity contribution is 0.295. The molecule has 1 aliphatic rings. The molecule has 0 saturated heterocycles. The van der Waals surface area contributed by atoms with Gasteiger partial charge in [-0.3, -0.25) is 0 Å². The molecule has 1 unspecified atom stereocenters. The third-order valence-electron chi connectivity index (χ3n) is 5.65. The molecule has 1 aliphatic heterocycles. The number of nitrogens with zero attached hydrogens (tertiary/aromatic N) is 2. The van der Waals surface area contributed by atoms with Crippen LogP contribution >= 0.6 is 0 Å². The summed E-state index contributed by atoms with van der Waals surface area (Å²) in [4.78, 5) is 2.39. The molecule has 2 aromatic carbocycles. The fourth-order valence-electron chi connectivity index (χ4n) is 4.39. The van der Waals surface area contributed by atoms with E-state index in [1.807, 2.05) is 19.9 Å². The molecule has 0 spiro atoms. The topological polar surface area (TPSA) is 42.4 Å². The van der Waals surface area contributed by atoms with E-state index in [0.29, 0.717) is 5.92 Å². The van der Waals surface area contributed by atoms with Crippen molar-refractivity contribution in [3.05, 3.63) is 76.9 Å². The number of rotatable bonds is 2. The quantitative estimate of drug-likeness (QED) is 0.489. The molecule has 136 valence electrons. The lowest BCUT2D eigenvalue weighted by atomic mass is 9.83. The van der Waals surface area contributed by atoms with E-state index in [1.165, 1.54) is 22.3 Å². The Hall–Kier alpha value is -2.85. The summed E-state index contributed by atoms with van der Waals surface area (Å²) < 4.78 is 10.9. The second kappa shape index (κ2) is 6.10. The second-order valence-corrected chi connectivity index (χ2v) is 7.58. The average molecular weight is 358 g/mol. The van der Waals surface area contributed by atoms with Crippen LogP contribution < -0.4 is 0 Å². The highest BCUT2D eigenvalue weighted by atomic mass is 16.5. The standard InChI is InChI=1S/C23H22N2O2/c1-14-23(15(2)27-24-14)18-4-6-20-19(11-18)12-25(3)13-21(20)16-5-7-22-17(10-16)8-9-26-22/h4-11,21H,12-13H2,1-3H3. The molecular formula is C23H22N2O2. The summed E-state index contributed by atoms with van der Waals surface area (Å²) in [5.74, 6) is 1.23. The Balaban J connectivity index is 1.61. The van der Waals surface area contributed by atoms with Crippen LogP contribution in [0.3, 0.4) is 0 Å². The molecule has 4 aromatic rings. The Bertz CT molecular complexity index is 1120. The maximum Gasteiger partial charge on any atom is 0.141 e. The monoisotopic (exact) mass is 358 g/mol. The van der Waals surface area contributed by atoms with Gasteiger partial charge in [0.1, 0.15) is 11.3 Å². The van der Waals surface area contributed by atoms with E-state index in [2.05, 4.69) is 53.5 Å². The lowest BCUT2D eigenvalue weighted by Crippen LogP contribution is -2.31. The third kappa shape index (κ3) is 2.68. The van der Waals surface area contributed by atoms with Crippen LogP contribution in [-0.2, 0) is 6.54 Å². The van der Waals surface area contributed by atoms with Crippen LogP contribution in [0.15, 0.2) is 57.7 Å². The fourth-order valence-corrected chi connectivity index (χ4v) is 4.39. The number of aryl methyl sites for hydroxylation is 2. The van der Waals surface area contributed by atoms with Crippen molar-refractivity contribution in [3.8, 4) is 11.1 Å². The Morgan fingerprint density at radius 1 is 1.07 bits per heavy atom. The van der Waals surface area contributed by atoms with Gasteiger partial charge in [-0.1, -0.05) is 23.4 Å². The van der Waals surface area contributed by atoms with Crippen molar-refractivity contribution in [2.45, 2.75) is 26.3 Å². The van der Waals surface area contributed by atoms with Crippen molar-refractivity contribution in [1.82, 2.24) is 10.1 Å². The van der Waals surface area contributed by atoms with Gasteiger partial charge in [0.25, 0.3) is 0 Å². The van der Waals surface area contributed by atoms with Gasteiger partial charge in [0.2, 0.25) is 0 Å². The van der Waals surface area contributed by atoms with E-state index in [-0.39, 0.29) is 0 Å². The summed E-state index contributed by atoms with van der Waals surface area (Å²) in [5, 5.41) is 5.27. The van der Waals surface area contributed by atoms with E-state index in [1.54, 1.807) is 6.26 Å². The first-order valence-corrected chi connectivity index (χ1v) is 9.32. The molecule has 1 atom stereocenters. The maximum absolute atomic E-state index is 5.51. The first-order valence-electron chi connectivity index (χ1n) is 9.32. The summed E-state index contributed by atoms with van der Waals surface area (Å²) in [6.45, 7) is 5.95.